The van der Waals surface area contributed by atoms with Crippen LogP contribution < -0.4 is 0 Å². The molecule has 0 aliphatic heterocycles. The van der Waals surface area contributed by atoms with Crippen molar-refractivity contribution in [3.63, 3.8) is 0 Å². The lowest BCUT2D eigenvalue weighted by molar-refractivity contribution is 0.466. The van der Waals surface area contributed by atoms with Crippen LogP contribution in [0.1, 0.15) is 0 Å². The van der Waals surface area contributed by atoms with Crippen molar-refractivity contribution in [1.29, 1.82) is 0 Å². The second kappa shape index (κ2) is 5.32. The monoisotopic (exact) mass is 296 g/mol. The number of benzene rings is 1. The Labute approximate surface area is 106 Å². The minimum absolute atomic E-state index is 0.541. The molecule has 2 aromatic rings. The first-order valence-corrected chi connectivity index (χ1v) is 6.40. The van der Waals surface area contributed by atoms with Gasteiger partial charge in [-0.2, -0.15) is 0 Å². The number of aromatic nitrogens is 2. The van der Waals surface area contributed by atoms with E-state index in [0.29, 0.717) is 11.1 Å². The molecule has 2 rings (SSSR count). The fourth-order valence-corrected chi connectivity index (χ4v) is 1.87. The summed E-state index contributed by atoms with van der Waals surface area (Å²) in [6, 6.07) is 7.74. The summed E-state index contributed by atoms with van der Waals surface area (Å²) in [4.78, 5) is 0. The second-order valence-electron chi connectivity index (χ2n) is 2.98. The van der Waals surface area contributed by atoms with Crippen molar-refractivity contribution in [2.45, 2.75) is 5.22 Å². The molecule has 0 aliphatic carbocycles. The largest absolute Gasteiger partial charge is 0.411 e. The van der Waals surface area contributed by atoms with E-state index in [0.717, 1.165) is 15.8 Å². The van der Waals surface area contributed by atoms with Crippen LogP contribution in [-0.2, 0) is 0 Å². The van der Waals surface area contributed by atoms with Crippen LogP contribution >= 0.6 is 27.7 Å². The third-order valence-corrected chi connectivity index (χ3v) is 3.17. The van der Waals surface area contributed by atoms with Crippen molar-refractivity contribution in [3.05, 3.63) is 41.4 Å². The molecule has 3 nitrogen and oxygen atoms in total. The van der Waals surface area contributed by atoms with Gasteiger partial charge < -0.3 is 4.42 Å². The fourth-order valence-electron chi connectivity index (χ4n) is 1.11. The van der Waals surface area contributed by atoms with Gasteiger partial charge in [-0.3, -0.25) is 0 Å². The first kappa shape index (κ1) is 11.4. The Bertz CT molecular complexity index is 481. The van der Waals surface area contributed by atoms with E-state index in [1.165, 1.54) is 11.8 Å². The van der Waals surface area contributed by atoms with Crippen molar-refractivity contribution in [2.24, 2.45) is 0 Å². The van der Waals surface area contributed by atoms with Crippen molar-refractivity contribution in [3.8, 4) is 11.5 Å². The van der Waals surface area contributed by atoms with Crippen LogP contribution in [0.15, 0.2) is 51.0 Å². The third-order valence-electron chi connectivity index (χ3n) is 1.82. The summed E-state index contributed by atoms with van der Waals surface area (Å²) in [7, 11) is 0. The lowest BCUT2D eigenvalue weighted by atomic mass is 10.2. The van der Waals surface area contributed by atoms with Gasteiger partial charge in [0.25, 0.3) is 5.22 Å². The van der Waals surface area contributed by atoms with E-state index in [-0.39, 0.29) is 0 Å². The standard InChI is InChI=1S/C11H9BrN2OS/c1-2-7-16-11-14-13-10(15-11)8-3-5-9(12)6-4-8/h2-6H,1,7H2. The predicted octanol–water partition coefficient (Wildman–Crippen LogP) is 3.78. The maximum atomic E-state index is 5.49. The van der Waals surface area contributed by atoms with E-state index < -0.39 is 0 Å². The molecule has 0 aliphatic rings. The predicted molar refractivity (Wildman–Crippen MR) is 68.4 cm³/mol. The highest BCUT2D eigenvalue weighted by Gasteiger charge is 2.07. The molecular formula is C11H9BrN2OS. The molecule has 0 radical (unpaired) electrons. The molecule has 0 saturated carbocycles. The summed E-state index contributed by atoms with van der Waals surface area (Å²) in [6.45, 7) is 3.63. The quantitative estimate of drug-likeness (QED) is 0.636. The molecule has 1 aromatic heterocycles. The minimum atomic E-state index is 0.541. The molecule has 0 saturated heterocycles. The van der Waals surface area contributed by atoms with E-state index >= 15 is 0 Å². The van der Waals surface area contributed by atoms with Crippen molar-refractivity contribution in [2.75, 3.05) is 5.75 Å². The molecule has 0 N–H and O–H groups in total. The van der Waals surface area contributed by atoms with E-state index in [2.05, 4.69) is 32.7 Å². The molecule has 1 heterocycles. The average molecular weight is 297 g/mol. The van der Waals surface area contributed by atoms with Crippen LogP contribution in [-0.4, -0.2) is 16.0 Å². The Morgan fingerprint density at radius 3 is 2.75 bits per heavy atom. The maximum Gasteiger partial charge on any atom is 0.277 e. The zero-order chi connectivity index (χ0) is 11.4. The molecule has 0 amide bonds. The molecule has 1 aromatic carbocycles. The maximum absolute atomic E-state index is 5.49. The van der Waals surface area contributed by atoms with E-state index in [1.807, 2.05) is 24.3 Å². The molecular weight excluding hydrogens is 288 g/mol. The van der Waals surface area contributed by atoms with E-state index in [1.54, 1.807) is 6.08 Å². The topological polar surface area (TPSA) is 38.9 Å². The Morgan fingerprint density at radius 1 is 1.31 bits per heavy atom. The molecule has 0 unspecified atom stereocenters. The van der Waals surface area contributed by atoms with Gasteiger partial charge in [0.15, 0.2) is 0 Å². The van der Waals surface area contributed by atoms with Crippen LogP contribution in [0.25, 0.3) is 11.5 Å². The minimum Gasteiger partial charge on any atom is -0.411 e. The first-order valence-electron chi connectivity index (χ1n) is 4.63. The highest BCUT2D eigenvalue weighted by atomic mass is 79.9. The van der Waals surface area contributed by atoms with Gasteiger partial charge in [0.05, 0.1) is 0 Å². The smallest absolute Gasteiger partial charge is 0.277 e. The summed E-state index contributed by atoms with van der Waals surface area (Å²) in [5.41, 5.74) is 0.918. The number of hydrogen-bond acceptors (Lipinski definition) is 4. The van der Waals surface area contributed by atoms with Crippen LogP contribution in [0.2, 0.25) is 0 Å². The van der Waals surface area contributed by atoms with Crippen molar-refractivity contribution in [1.82, 2.24) is 10.2 Å². The van der Waals surface area contributed by atoms with Gasteiger partial charge in [-0.05, 0) is 24.3 Å². The first-order chi connectivity index (χ1) is 7.79. The van der Waals surface area contributed by atoms with Crippen LogP contribution in [0.3, 0.4) is 0 Å². The molecule has 82 valence electrons. The van der Waals surface area contributed by atoms with E-state index in [4.69, 9.17) is 4.42 Å². The van der Waals surface area contributed by atoms with Gasteiger partial charge in [-0.25, -0.2) is 0 Å². The number of thioether (sulfide) groups is 1. The number of rotatable bonds is 4. The summed E-state index contributed by atoms with van der Waals surface area (Å²) < 4.78 is 6.51. The fraction of sp³-hybridized carbons (Fsp3) is 0.0909. The summed E-state index contributed by atoms with van der Waals surface area (Å²) in [6.07, 6.45) is 1.80. The molecule has 0 spiro atoms. The molecule has 0 fully saturated rings. The van der Waals surface area contributed by atoms with Crippen LogP contribution in [0.4, 0.5) is 0 Å². The van der Waals surface area contributed by atoms with Gasteiger partial charge in [0, 0.05) is 15.8 Å². The number of nitrogens with zero attached hydrogens (tertiary/aromatic N) is 2. The summed E-state index contributed by atoms with van der Waals surface area (Å²) >= 11 is 4.85. The Morgan fingerprint density at radius 2 is 2.06 bits per heavy atom. The third kappa shape index (κ3) is 2.74. The Balaban J connectivity index is 2.17. The molecule has 0 bridgehead atoms. The molecule has 0 atom stereocenters. The lowest BCUT2D eigenvalue weighted by Gasteiger charge is -1.94. The Kier molecular flexibility index (Phi) is 3.79. The average Bonchev–Trinajstić information content (AvgIpc) is 2.76. The highest BCUT2D eigenvalue weighted by Crippen LogP contribution is 2.24. The summed E-state index contributed by atoms with van der Waals surface area (Å²) in [5, 5.41) is 8.49. The second-order valence-corrected chi connectivity index (χ2v) is 4.87. The van der Waals surface area contributed by atoms with Gasteiger partial charge in [-0.15, -0.1) is 16.8 Å². The van der Waals surface area contributed by atoms with Gasteiger partial charge in [-0.1, -0.05) is 33.8 Å². The number of hydrogen-bond donors (Lipinski definition) is 0. The van der Waals surface area contributed by atoms with Gasteiger partial charge in [0.1, 0.15) is 0 Å². The number of halogens is 1. The zero-order valence-corrected chi connectivity index (χ0v) is 10.8. The van der Waals surface area contributed by atoms with Crippen molar-refractivity contribution >= 4 is 27.7 Å². The summed E-state index contributed by atoms with van der Waals surface area (Å²) in [5.74, 6) is 1.31. The normalized spacial score (nSPS) is 10.3. The Hall–Kier alpha value is -1.07. The molecule has 16 heavy (non-hydrogen) atoms. The zero-order valence-electron chi connectivity index (χ0n) is 8.39. The van der Waals surface area contributed by atoms with Crippen LogP contribution in [0, 0.1) is 0 Å². The van der Waals surface area contributed by atoms with Crippen molar-refractivity contribution < 1.29 is 4.42 Å². The van der Waals surface area contributed by atoms with Crippen LogP contribution in [0.5, 0.6) is 0 Å². The van der Waals surface area contributed by atoms with E-state index in [9.17, 15) is 0 Å². The lowest BCUT2D eigenvalue weighted by Crippen LogP contribution is -1.76. The molecule has 5 heteroatoms. The van der Waals surface area contributed by atoms with Gasteiger partial charge in [0.2, 0.25) is 5.89 Å². The highest BCUT2D eigenvalue weighted by molar-refractivity contribution is 9.10. The van der Waals surface area contributed by atoms with Gasteiger partial charge >= 0.3 is 0 Å². The SMILES string of the molecule is C=CCSc1nnc(-c2ccc(Br)cc2)o1.